The molecule has 1 rings (SSSR count). The summed E-state index contributed by atoms with van der Waals surface area (Å²) in [6, 6.07) is 4.10. The molecule has 0 fully saturated rings. The summed E-state index contributed by atoms with van der Waals surface area (Å²) < 4.78 is 23.6. The maximum absolute atomic E-state index is 13.9. The first-order valence-electron chi connectivity index (χ1n) is 5.74. The lowest BCUT2D eigenvalue weighted by Gasteiger charge is -2.08. The molecule has 0 aliphatic heterocycles. The van der Waals surface area contributed by atoms with Crippen molar-refractivity contribution in [1.82, 2.24) is 0 Å². The van der Waals surface area contributed by atoms with Crippen LogP contribution in [-0.2, 0) is 9.53 Å². The average molecular weight is 254 g/mol. The summed E-state index contributed by atoms with van der Waals surface area (Å²) in [6.45, 7) is 3.86. The van der Waals surface area contributed by atoms with Crippen LogP contribution in [0.25, 0.3) is 0 Å². The van der Waals surface area contributed by atoms with Crippen molar-refractivity contribution in [1.29, 1.82) is 0 Å². The van der Waals surface area contributed by atoms with Crippen LogP contribution in [0.3, 0.4) is 0 Å². The fourth-order valence-corrected chi connectivity index (χ4v) is 1.32. The minimum absolute atomic E-state index is 0.0352. The Kier molecular flexibility index (Phi) is 5.30. The Balaban J connectivity index is 2.95. The molecule has 0 amide bonds. The predicted molar refractivity (Wildman–Crippen MR) is 63.1 cm³/mol. The van der Waals surface area contributed by atoms with Crippen molar-refractivity contribution in [3.63, 3.8) is 0 Å². The standard InChI is InChI=1S/C13H15FO4/c1-3-8-18-10-7-5-6-9(11(10)14)12(15)13(16)17-4-2/h5-7H,3-4,8H2,1-2H3. The van der Waals surface area contributed by atoms with Crippen molar-refractivity contribution in [2.24, 2.45) is 0 Å². The van der Waals surface area contributed by atoms with Crippen molar-refractivity contribution < 1.29 is 23.5 Å². The molecular weight excluding hydrogens is 239 g/mol. The summed E-state index contributed by atoms with van der Waals surface area (Å²) in [5.41, 5.74) is -0.331. The summed E-state index contributed by atoms with van der Waals surface area (Å²) in [5.74, 6) is -2.93. The van der Waals surface area contributed by atoms with Crippen molar-refractivity contribution in [3.8, 4) is 5.75 Å². The third-order valence-corrected chi connectivity index (χ3v) is 2.13. The van der Waals surface area contributed by atoms with E-state index in [1.165, 1.54) is 18.2 Å². The summed E-state index contributed by atoms with van der Waals surface area (Å²) in [7, 11) is 0. The van der Waals surface area contributed by atoms with Gasteiger partial charge in [-0.25, -0.2) is 9.18 Å². The molecular formula is C13H15FO4. The topological polar surface area (TPSA) is 52.6 Å². The molecule has 0 saturated heterocycles. The first-order chi connectivity index (χ1) is 8.61. The van der Waals surface area contributed by atoms with Crippen LogP contribution in [0.5, 0.6) is 5.75 Å². The molecule has 1 aromatic rings. The van der Waals surface area contributed by atoms with Crippen molar-refractivity contribution >= 4 is 11.8 Å². The van der Waals surface area contributed by atoms with Crippen molar-refractivity contribution in [2.75, 3.05) is 13.2 Å². The van der Waals surface area contributed by atoms with Crippen molar-refractivity contribution in [3.05, 3.63) is 29.6 Å². The molecule has 98 valence electrons. The lowest BCUT2D eigenvalue weighted by atomic mass is 10.1. The van der Waals surface area contributed by atoms with Gasteiger partial charge >= 0.3 is 5.97 Å². The van der Waals surface area contributed by atoms with Gasteiger partial charge in [-0.05, 0) is 25.5 Å². The van der Waals surface area contributed by atoms with E-state index >= 15 is 0 Å². The van der Waals surface area contributed by atoms with Crippen LogP contribution in [0.4, 0.5) is 4.39 Å². The number of rotatable bonds is 6. The number of carbonyl (C=O) groups excluding carboxylic acids is 2. The molecule has 0 aromatic heterocycles. The second kappa shape index (κ2) is 6.74. The zero-order valence-electron chi connectivity index (χ0n) is 10.4. The lowest BCUT2D eigenvalue weighted by molar-refractivity contribution is -0.137. The van der Waals surface area contributed by atoms with E-state index < -0.39 is 17.6 Å². The second-order valence-electron chi connectivity index (χ2n) is 3.52. The lowest BCUT2D eigenvalue weighted by Crippen LogP contribution is -2.19. The molecule has 0 unspecified atom stereocenters. The van der Waals surface area contributed by atoms with Gasteiger partial charge in [0, 0.05) is 0 Å². The zero-order chi connectivity index (χ0) is 13.5. The highest BCUT2D eigenvalue weighted by Gasteiger charge is 2.23. The molecule has 1 aromatic carbocycles. The Bertz CT molecular complexity index is 443. The van der Waals surface area contributed by atoms with Crippen LogP contribution in [-0.4, -0.2) is 25.0 Å². The van der Waals surface area contributed by atoms with E-state index in [2.05, 4.69) is 4.74 Å². The molecule has 5 heteroatoms. The van der Waals surface area contributed by atoms with Gasteiger partial charge in [-0.3, -0.25) is 4.79 Å². The normalized spacial score (nSPS) is 9.94. The number of esters is 1. The summed E-state index contributed by atoms with van der Waals surface area (Å²) >= 11 is 0. The van der Waals surface area contributed by atoms with Crippen LogP contribution in [0.1, 0.15) is 30.6 Å². The summed E-state index contributed by atoms with van der Waals surface area (Å²) in [5, 5.41) is 0. The Hall–Kier alpha value is -1.91. The molecule has 18 heavy (non-hydrogen) atoms. The minimum Gasteiger partial charge on any atom is -0.491 e. The highest BCUT2D eigenvalue weighted by atomic mass is 19.1. The molecule has 0 bridgehead atoms. The summed E-state index contributed by atoms with van der Waals surface area (Å²) in [4.78, 5) is 22.9. The van der Waals surface area contributed by atoms with Crippen LogP contribution < -0.4 is 4.74 Å². The molecule has 0 N–H and O–H groups in total. The number of Topliss-reactive ketones (excluding diaryl/α,β-unsaturated/α-hetero) is 1. The molecule has 4 nitrogen and oxygen atoms in total. The van der Waals surface area contributed by atoms with Gasteiger partial charge in [0.1, 0.15) is 0 Å². The Morgan fingerprint density at radius 2 is 2.00 bits per heavy atom. The first kappa shape index (κ1) is 14.2. The third-order valence-electron chi connectivity index (χ3n) is 2.13. The molecule has 0 aliphatic carbocycles. The second-order valence-corrected chi connectivity index (χ2v) is 3.52. The average Bonchev–Trinajstić information content (AvgIpc) is 2.37. The molecule has 0 radical (unpaired) electrons. The van der Waals surface area contributed by atoms with E-state index in [1.54, 1.807) is 6.92 Å². The fraction of sp³-hybridized carbons (Fsp3) is 0.385. The SMILES string of the molecule is CCCOc1cccc(C(=O)C(=O)OCC)c1F. The molecule has 0 atom stereocenters. The van der Waals surface area contributed by atoms with E-state index in [4.69, 9.17) is 4.74 Å². The van der Waals surface area contributed by atoms with Gasteiger partial charge in [-0.1, -0.05) is 13.0 Å². The monoisotopic (exact) mass is 254 g/mol. The number of carbonyl (C=O) groups is 2. The zero-order valence-corrected chi connectivity index (χ0v) is 10.4. The highest BCUT2D eigenvalue weighted by Crippen LogP contribution is 2.21. The third kappa shape index (κ3) is 3.29. The van der Waals surface area contributed by atoms with Gasteiger partial charge in [0.15, 0.2) is 11.6 Å². The summed E-state index contributed by atoms with van der Waals surface area (Å²) in [6.07, 6.45) is 0.718. The minimum atomic E-state index is -1.07. The smallest absolute Gasteiger partial charge is 0.379 e. The quantitative estimate of drug-likeness (QED) is 0.444. The Labute approximate surface area is 105 Å². The van der Waals surface area contributed by atoms with E-state index in [0.717, 1.165) is 6.42 Å². The molecule has 0 spiro atoms. The number of halogens is 1. The number of ether oxygens (including phenoxy) is 2. The predicted octanol–water partition coefficient (Wildman–Crippen LogP) is 2.36. The highest BCUT2D eigenvalue weighted by molar-refractivity contribution is 6.40. The number of benzene rings is 1. The molecule has 0 heterocycles. The number of hydrogen-bond acceptors (Lipinski definition) is 4. The number of hydrogen-bond donors (Lipinski definition) is 0. The van der Waals surface area contributed by atoms with Gasteiger partial charge in [0.05, 0.1) is 18.8 Å². The van der Waals surface area contributed by atoms with Crippen LogP contribution in [0.15, 0.2) is 18.2 Å². The van der Waals surface area contributed by atoms with E-state index in [9.17, 15) is 14.0 Å². The van der Waals surface area contributed by atoms with Gasteiger partial charge in [0.25, 0.3) is 5.78 Å². The molecule has 0 aliphatic rings. The van der Waals surface area contributed by atoms with Gasteiger partial charge in [-0.15, -0.1) is 0 Å². The largest absolute Gasteiger partial charge is 0.491 e. The van der Waals surface area contributed by atoms with E-state index in [0.29, 0.717) is 6.61 Å². The van der Waals surface area contributed by atoms with Crippen LogP contribution >= 0.6 is 0 Å². The Morgan fingerprint density at radius 1 is 1.28 bits per heavy atom. The number of ketones is 1. The first-order valence-corrected chi connectivity index (χ1v) is 5.74. The van der Waals surface area contributed by atoms with E-state index in [-0.39, 0.29) is 17.9 Å². The van der Waals surface area contributed by atoms with Crippen molar-refractivity contribution in [2.45, 2.75) is 20.3 Å². The maximum atomic E-state index is 13.9. The van der Waals surface area contributed by atoms with E-state index in [1.807, 2.05) is 6.92 Å². The maximum Gasteiger partial charge on any atom is 0.379 e. The fourth-order valence-electron chi connectivity index (χ4n) is 1.32. The molecule has 0 saturated carbocycles. The van der Waals surface area contributed by atoms with Gasteiger partial charge < -0.3 is 9.47 Å². The van der Waals surface area contributed by atoms with Crippen LogP contribution in [0, 0.1) is 5.82 Å². The van der Waals surface area contributed by atoms with Gasteiger partial charge in [0.2, 0.25) is 0 Å². The Morgan fingerprint density at radius 3 is 2.61 bits per heavy atom. The van der Waals surface area contributed by atoms with Gasteiger partial charge in [-0.2, -0.15) is 0 Å². The van der Waals surface area contributed by atoms with Crippen LogP contribution in [0.2, 0.25) is 0 Å².